The molecule has 1 saturated carbocycles. The molecule has 3 heterocycles. The average molecular weight is 517 g/mol. The second-order valence-corrected chi connectivity index (χ2v) is 11.6. The minimum absolute atomic E-state index is 0.265. The van der Waals surface area contributed by atoms with Crippen molar-refractivity contribution in [3.63, 3.8) is 0 Å². The monoisotopic (exact) mass is 516 g/mol. The molecule has 4 rings (SSSR count). The number of ether oxygens (including phenoxy) is 1. The first-order chi connectivity index (χ1) is 16.6. The summed E-state index contributed by atoms with van der Waals surface area (Å²) in [7, 11) is -1.78. The van der Waals surface area contributed by atoms with Crippen LogP contribution in [0.3, 0.4) is 0 Å². The van der Waals surface area contributed by atoms with Gasteiger partial charge in [0, 0.05) is 24.3 Å². The van der Waals surface area contributed by atoms with E-state index in [1.165, 1.54) is 11.3 Å². The molecule has 35 heavy (non-hydrogen) atoms. The number of nitrogens with one attached hydrogen (secondary N) is 2. The molecule has 3 aromatic rings. The van der Waals surface area contributed by atoms with E-state index in [9.17, 15) is 13.2 Å². The molecule has 10 nitrogen and oxygen atoms in total. The molecule has 0 bridgehead atoms. The number of aromatic nitrogens is 4. The largest absolute Gasteiger partial charge is 0.372 e. The third-order valence-corrected chi connectivity index (χ3v) is 8.60. The molecule has 1 atom stereocenters. The summed E-state index contributed by atoms with van der Waals surface area (Å²) >= 11 is 1.17. The van der Waals surface area contributed by atoms with Gasteiger partial charge in [-0.15, -0.1) is 11.3 Å². The molecule has 1 aliphatic rings. The summed E-state index contributed by atoms with van der Waals surface area (Å²) in [6.07, 6.45) is 6.78. The van der Waals surface area contributed by atoms with Crippen LogP contribution in [0.1, 0.15) is 57.3 Å². The first-order valence-corrected chi connectivity index (χ1v) is 13.7. The summed E-state index contributed by atoms with van der Waals surface area (Å²) in [6, 6.07) is 3.51. The highest BCUT2D eigenvalue weighted by Crippen LogP contribution is 2.32. The van der Waals surface area contributed by atoms with E-state index in [0.29, 0.717) is 42.2 Å². The number of amides is 1. The number of carbonyl (C=O) groups excluding carboxylic acids is 1. The van der Waals surface area contributed by atoms with Gasteiger partial charge in [-0.3, -0.25) is 14.5 Å². The van der Waals surface area contributed by atoms with Crippen LogP contribution in [0, 0.1) is 0 Å². The standard InChI is InChI=1S/C23H28N6O4S2/c1-5-16(18-13-34-22(27-18)29-35(31,32)15-7-8-15)21(30)28-20-9-6-14(10-25-20)17-11-24-12-19(26-17)23(2,3)33-4/h6,9-13,15-16H,5,7-8H2,1-4H3,(H,27,29)(H,25,28,30). The Hall–Kier alpha value is -2.96. The summed E-state index contributed by atoms with van der Waals surface area (Å²) in [4.78, 5) is 30.5. The molecule has 1 unspecified atom stereocenters. The molecule has 2 N–H and O–H groups in total. The first-order valence-electron chi connectivity index (χ1n) is 11.2. The third kappa shape index (κ3) is 5.82. The van der Waals surface area contributed by atoms with Gasteiger partial charge < -0.3 is 10.1 Å². The van der Waals surface area contributed by atoms with Crippen LogP contribution in [0.2, 0.25) is 0 Å². The lowest BCUT2D eigenvalue weighted by atomic mass is 10.0. The quantitative estimate of drug-likeness (QED) is 0.414. The molecular formula is C23H28N6O4S2. The number of pyridine rings is 1. The van der Waals surface area contributed by atoms with Gasteiger partial charge in [-0.05, 0) is 45.2 Å². The lowest BCUT2D eigenvalue weighted by Crippen LogP contribution is -2.22. The third-order valence-electron chi connectivity index (χ3n) is 5.87. The van der Waals surface area contributed by atoms with Crippen LogP contribution in [0.4, 0.5) is 10.9 Å². The number of hydrogen-bond acceptors (Lipinski definition) is 9. The molecule has 0 spiro atoms. The van der Waals surface area contributed by atoms with Crippen molar-refractivity contribution in [3.05, 3.63) is 47.5 Å². The number of rotatable bonds is 10. The Kier molecular flexibility index (Phi) is 7.15. The van der Waals surface area contributed by atoms with Gasteiger partial charge in [-0.25, -0.2) is 23.4 Å². The highest BCUT2D eigenvalue weighted by molar-refractivity contribution is 7.93. The second-order valence-electron chi connectivity index (χ2n) is 8.81. The summed E-state index contributed by atoms with van der Waals surface area (Å²) in [5, 5.41) is 4.47. The highest BCUT2D eigenvalue weighted by Gasteiger charge is 2.36. The minimum atomic E-state index is -3.40. The SMILES string of the molecule is CCC(C(=O)Nc1ccc(-c2cncc(C(C)(C)OC)n2)cn1)c1csc(NS(=O)(=O)C2CC2)n1. The molecule has 1 aliphatic carbocycles. The molecule has 1 fully saturated rings. The maximum Gasteiger partial charge on any atom is 0.237 e. The number of hydrogen-bond donors (Lipinski definition) is 2. The number of sulfonamides is 1. The van der Waals surface area contributed by atoms with Crippen molar-refractivity contribution in [1.29, 1.82) is 0 Å². The van der Waals surface area contributed by atoms with Crippen LogP contribution < -0.4 is 10.0 Å². The van der Waals surface area contributed by atoms with Gasteiger partial charge in [0.15, 0.2) is 5.13 Å². The first kappa shape index (κ1) is 25.1. The summed E-state index contributed by atoms with van der Waals surface area (Å²) in [5.74, 6) is -0.410. The van der Waals surface area contributed by atoms with E-state index >= 15 is 0 Å². The van der Waals surface area contributed by atoms with Crippen LogP contribution in [-0.4, -0.2) is 46.6 Å². The number of carbonyl (C=O) groups is 1. The predicted octanol–water partition coefficient (Wildman–Crippen LogP) is 3.91. The van der Waals surface area contributed by atoms with E-state index in [-0.39, 0.29) is 16.3 Å². The fourth-order valence-electron chi connectivity index (χ4n) is 3.34. The Morgan fingerprint density at radius 2 is 2.00 bits per heavy atom. The van der Waals surface area contributed by atoms with Gasteiger partial charge in [0.25, 0.3) is 0 Å². The van der Waals surface area contributed by atoms with E-state index in [2.05, 4.69) is 30.0 Å². The lowest BCUT2D eigenvalue weighted by Gasteiger charge is -2.22. The van der Waals surface area contributed by atoms with Crippen LogP contribution in [0.15, 0.2) is 36.1 Å². The molecule has 3 aromatic heterocycles. The smallest absolute Gasteiger partial charge is 0.237 e. The highest BCUT2D eigenvalue weighted by atomic mass is 32.2. The van der Waals surface area contributed by atoms with Crippen molar-refractivity contribution >= 4 is 38.2 Å². The van der Waals surface area contributed by atoms with Crippen molar-refractivity contribution in [2.24, 2.45) is 0 Å². The summed E-state index contributed by atoms with van der Waals surface area (Å²) in [6.45, 7) is 5.70. The van der Waals surface area contributed by atoms with E-state index < -0.39 is 21.5 Å². The number of thiazole rings is 1. The lowest BCUT2D eigenvalue weighted by molar-refractivity contribution is -0.117. The zero-order valence-electron chi connectivity index (χ0n) is 20.0. The fourth-order valence-corrected chi connectivity index (χ4v) is 5.70. The summed E-state index contributed by atoms with van der Waals surface area (Å²) in [5.41, 5.74) is 2.04. The molecule has 0 radical (unpaired) electrons. The number of nitrogens with zero attached hydrogens (tertiary/aromatic N) is 4. The van der Waals surface area contributed by atoms with Crippen LogP contribution in [0.25, 0.3) is 11.3 Å². The van der Waals surface area contributed by atoms with Crippen LogP contribution in [-0.2, 0) is 25.2 Å². The molecule has 1 amide bonds. The summed E-state index contributed by atoms with van der Waals surface area (Å²) < 4.78 is 32.3. The van der Waals surface area contributed by atoms with Crippen molar-refractivity contribution in [2.45, 2.75) is 56.8 Å². The Bertz CT molecular complexity index is 1300. The van der Waals surface area contributed by atoms with Gasteiger partial charge in [0.1, 0.15) is 11.4 Å². The van der Waals surface area contributed by atoms with Gasteiger partial charge in [-0.2, -0.15) is 0 Å². The van der Waals surface area contributed by atoms with E-state index in [4.69, 9.17) is 4.74 Å². The topological polar surface area (TPSA) is 136 Å². The van der Waals surface area contributed by atoms with Crippen molar-refractivity contribution < 1.29 is 17.9 Å². The van der Waals surface area contributed by atoms with E-state index in [1.807, 2.05) is 26.8 Å². The van der Waals surface area contributed by atoms with Crippen LogP contribution >= 0.6 is 11.3 Å². The Labute approximate surface area is 208 Å². The minimum Gasteiger partial charge on any atom is -0.372 e. The normalized spacial score (nSPS) is 15.0. The van der Waals surface area contributed by atoms with Crippen molar-refractivity contribution in [2.75, 3.05) is 17.1 Å². The molecule has 0 aliphatic heterocycles. The van der Waals surface area contributed by atoms with Gasteiger partial charge in [-0.1, -0.05) is 6.92 Å². The molecule has 0 aromatic carbocycles. The Morgan fingerprint density at radius 1 is 1.23 bits per heavy atom. The maximum absolute atomic E-state index is 12.9. The Balaban J connectivity index is 1.44. The van der Waals surface area contributed by atoms with Gasteiger partial charge in [0.05, 0.1) is 40.6 Å². The predicted molar refractivity (Wildman–Crippen MR) is 135 cm³/mol. The van der Waals surface area contributed by atoms with E-state index in [1.54, 1.807) is 37.1 Å². The van der Waals surface area contributed by atoms with Gasteiger partial charge >= 0.3 is 0 Å². The fraction of sp³-hybridized carbons (Fsp3) is 0.435. The van der Waals surface area contributed by atoms with E-state index in [0.717, 1.165) is 5.56 Å². The Morgan fingerprint density at radius 3 is 2.63 bits per heavy atom. The number of methoxy groups -OCH3 is 1. The van der Waals surface area contributed by atoms with Gasteiger partial charge in [0.2, 0.25) is 15.9 Å². The molecule has 0 saturated heterocycles. The average Bonchev–Trinajstić information content (AvgIpc) is 3.62. The zero-order valence-corrected chi connectivity index (χ0v) is 21.6. The van der Waals surface area contributed by atoms with Crippen LogP contribution in [0.5, 0.6) is 0 Å². The maximum atomic E-state index is 12.9. The molecule has 12 heteroatoms. The molecule has 186 valence electrons. The number of anilines is 2. The zero-order chi connectivity index (χ0) is 25.2. The molecular weight excluding hydrogens is 488 g/mol. The van der Waals surface area contributed by atoms with Crippen molar-refractivity contribution in [3.8, 4) is 11.3 Å². The van der Waals surface area contributed by atoms with Crippen molar-refractivity contribution in [1.82, 2.24) is 19.9 Å². The second kappa shape index (κ2) is 9.96.